The number of nitrogens with zero attached hydrogens (tertiary/aromatic N) is 3. The van der Waals surface area contributed by atoms with Crippen molar-refractivity contribution in [2.45, 2.75) is 32.2 Å². The fraction of sp³-hybridized carbons (Fsp3) is 0.667. The molecule has 0 unspecified atom stereocenters. The molecule has 0 spiro atoms. The first-order chi connectivity index (χ1) is 9.09. The molecule has 102 valence electrons. The van der Waals surface area contributed by atoms with Crippen LogP contribution in [0.3, 0.4) is 0 Å². The summed E-state index contributed by atoms with van der Waals surface area (Å²) < 4.78 is 1.27. The van der Waals surface area contributed by atoms with Gasteiger partial charge in [0, 0.05) is 6.54 Å². The third-order valence-corrected chi connectivity index (χ3v) is 4.03. The van der Waals surface area contributed by atoms with Crippen LogP contribution >= 0.6 is 0 Å². The Morgan fingerprint density at radius 2 is 2.21 bits per heavy atom. The molecule has 19 heavy (non-hydrogen) atoms. The molecule has 1 aromatic rings. The number of carbonyl (C=O) groups excluding carboxylic acids is 2. The van der Waals surface area contributed by atoms with E-state index in [4.69, 9.17) is 5.73 Å². The van der Waals surface area contributed by atoms with E-state index in [-0.39, 0.29) is 18.1 Å². The average Bonchev–Trinajstić information content (AvgIpc) is 3.24. The fourth-order valence-electron chi connectivity index (χ4n) is 2.57. The minimum absolute atomic E-state index is 0.0632. The third kappa shape index (κ3) is 2.59. The van der Waals surface area contributed by atoms with Gasteiger partial charge in [-0.2, -0.15) is 0 Å². The zero-order valence-corrected chi connectivity index (χ0v) is 10.6. The van der Waals surface area contributed by atoms with E-state index in [1.807, 2.05) is 0 Å². The van der Waals surface area contributed by atoms with Crippen molar-refractivity contribution in [1.82, 2.24) is 20.3 Å². The molecule has 2 aliphatic carbocycles. The summed E-state index contributed by atoms with van der Waals surface area (Å²) in [7, 11) is 0. The van der Waals surface area contributed by atoms with Crippen molar-refractivity contribution >= 4 is 11.8 Å². The molecule has 2 fully saturated rings. The van der Waals surface area contributed by atoms with E-state index >= 15 is 0 Å². The first kappa shape index (κ1) is 12.1. The fourth-order valence-corrected chi connectivity index (χ4v) is 2.57. The van der Waals surface area contributed by atoms with Crippen molar-refractivity contribution in [3.63, 3.8) is 0 Å². The predicted molar refractivity (Wildman–Crippen MR) is 65.9 cm³/mol. The third-order valence-electron chi connectivity index (χ3n) is 4.03. The number of nitrogens with one attached hydrogen (secondary N) is 1. The maximum Gasteiger partial charge on any atom is 0.273 e. The van der Waals surface area contributed by atoms with Crippen LogP contribution in [0.15, 0.2) is 6.20 Å². The minimum atomic E-state index is -0.512. The standard InChI is InChI=1S/C12H17N5O2/c13-10(18)6-17-5-9(15-16-17)11(19)14-7-12(3-4-12)8-1-2-8/h5,8H,1-4,6-7H2,(H2,13,18)(H,14,19). The summed E-state index contributed by atoms with van der Waals surface area (Å²) in [5.74, 6) is 0.0588. The normalized spacial score (nSPS) is 20.0. The molecule has 0 bridgehead atoms. The number of hydrogen-bond donors (Lipinski definition) is 2. The number of amides is 2. The monoisotopic (exact) mass is 263 g/mol. The Kier molecular flexibility index (Phi) is 2.76. The van der Waals surface area contributed by atoms with E-state index in [0.717, 1.165) is 12.5 Å². The molecular weight excluding hydrogens is 246 g/mol. The van der Waals surface area contributed by atoms with Crippen LogP contribution in [-0.4, -0.2) is 33.4 Å². The summed E-state index contributed by atoms with van der Waals surface area (Å²) in [4.78, 5) is 22.6. The van der Waals surface area contributed by atoms with Gasteiger partial charge in [-0.3, -0.25) is 9.59 Å². The van der Waals surface area contributed by atoms with Crippen molar-refractivity contribution in [2.75, 3.05) is 6.54 Å². The second-order valence-electron chi connectivity index (χ2n) is 5.59. The maximum atomic E-state index is 11.9. The van der Waals surface area contributed by atoms with Crippen LogP contribution in [0, 0.1) is 11.3 Å². The smallest absolute Gasteiger partial charge is 0.273 e. The molecule has 0 saturated heterocycles. The summed E-state index contributed by atoms with van der Waals surface area (Å²) in [6.07, 6.45) is 6.46. The highest BCUT2D eigenvalue weighted by molar-refractivity contribution is 5.91. The Bertz CT molecular complexity index is 516. The SMILES string of the molecule is NC(=O)Cn1cc(C(=O)NCC2(C3CC3)CC2)nn1. The van der Waals surface area contributed by atoms with Crippen molar-refractivity contribution in [1.29, 1.82) is 0 Å². The number of hydrogen-bond acceptors (Lipinski definition) is 4. The lowest BCUT2D eigenvalue weighted by Crippen LogP contribution is -2.31. The molecule has 7 heteroatoms. The van der Waals surface area contributed by atoms with E-state index in [2.05, 4.69) is 15.6 Å². The van der Waals surface area contributed by atoms with E-state index in [9.17, 15) is 9.59 Å². The van der Waals surface area contributed by atoms with E-state index in [1.165, 1.54) is 36.6 Å². The van der Waals surface area contributed by atoms with E-state index in [1.54, 1.807) is 0 Å². The first-order valence-corrected chi connectivity index (χ1v) is 6.56. The molecule has 2 amide bonds. The quantitative estimate of drug-likeness (QED) is 0.734. The molecule has 1 aromatic heterocycles. The maximum absolute atomic E-state index is 11.9. The van der Waals surface area contributed by atoms with Gasteiger partial charge in [-0.05, 0) is 37.0 Å². The molecule has 3 N–H and O–H groups in total. The van der Waals surface area contributed by atoms with Crippen LogP contribution in [0.5, 0.6) is 0 Å². The Morgan fingerprint density at radius 3 is 2.79 bits per heavy atom. The molecule has 2 saturated carbocycles. The largest absolute Gasteiger partial charge is 0.368 e. The second kappa shape index (κ2) is 4.32. The van der Waals surface area contributed by atoms with Gasteiger partial charge in [-0.1, -0.05) is 5.21 Å². The van der Waals surface area contributed by atoms with Crippen LogP contribution in [0.2, 0.25) is 0 Å². The summed E-state index contributed by atoms with van der Waals surface area (Å²) >= 11 is 0. The lowest BCUT2D eigenvalue weighted by atomic mass is 10.0. The van der Waals surface area contributed by atoms with Crippen molar-refractivity contribution in [3.8, 4) is 0 Å². The van der Waals surface area contributed by atoms with Gasteiger partial charge in [0.05, 0.1) is 6.20 Å². The zero-order chi connectivity index (χ0) is 13.5. The topological polar surface area (TPSA) is 103 Å². The zero-order valence-electron chi connectivity index (χ0n) is 10.6. The van der Waals surface area contributed by atoms with Gasteiger partial charge in [0.15, 0.2) is 5.69 Å². The predicted octanol–water partition coefficient (Wildman–Crippen LogP) is -0.317. The summed E-state index contributed by atoms with van der Waals surface area (Å²) in [6.45, 7) is 0.658. The van der Waals surface area contributed by atoms with Gasteiger partial charge in [-0.15, -0.1) is 5.10 Å². The molecule has 1 heterocycles. The van der Waals surface area contributed by atoms with Gasteiger partial charge in [0.25, 0.3) is 5.91 Å². The first-order valence-electron chi connectivity index (χ1n) is 6.56. The van der Waals surface area contributed by atoms with Crippen LogP contribution in [0.4, 0.5) is 0 Å². The van der Waals surface area contributed by atoms with Crippen LogP contribution in [0.25, 0.3) is 0 Å². The summed E-state index contributed by atoms with van der Waals surface area (Å²) in [5, 5.41) is 10.4. The Hall–Kier alpha value is -1.92. The van der Waals surface area contributed by atoms with Crippen molar-refractivity contribution in [3.05, 3.63) is 11.9 Å². The van der Waals surface area contributed by atoms with Crippen LogP contribution < -0.4 is 11.1 Å². The molecule has 0 atom stereocenters. The number of primary amides is 1. The summed E-state index contributed by atoms with van der Waals surface area (Å²) in [5.41, 5.74) is 5.64. The van der Waals surface area contributed by atoms with Gasteiger partial charge >= 0.3 is 0 Å². The number of carbonyl (C=O) groups is 2. The van der Waals surface area contributed by atoms with E-state index < -0.39 is 5.91 Å². The molecule has 3 rings (SSSR count). The lowest BCUT2D eigenvalue weighted by molar-refractivity contribution is -0.118. The van der Waals surface area contributed by atoms with E-state index in [0.29, 0.717) is 5.41 Å². The molecule has 2 aliphatic rings. The highest BCUT2D eigenvalue weighted by atomic mass is 16.2. The average molecular weight is 263 g/mol. The number of nitrogens with two attached hydrogens (primary N) is 1. The van der Waals surface area contributed by atoms with Crippen LogP contribution in [0.1, 0.15) is 36.2 Å². The van der Waals surface area contributed by atoms with Crippen LogP contribution in [-0.2, 0) is 11.3 Å². The molecule has 7 nitrogen and oxygen atoms in total. The Morgan fingerprint density at radius 1 is 1.47 bits per heavy atom. The Labute approximate surface area is 110 Å². The molecule has 0 aromatic carbocycles. The minimum Gasteiger partial charge on any atom is -0.368 e. The van der Waals surface area contributed by atoms with Gasteiger partial charge < -0.3 is 11.1 Å². The lowest BCUT2D eigenvalue weighted by Gasteiger charge is -2.13. The molecule has 0 aliphatic heterocycles. The van der Waals surface area contributed by atoms with Gasteiger partial charge in [-0.25, -0.2) is 4.68 Å². The van der Waals surface area contributed by atoms with Crippen molar-refractivity contribution < 1.29 is 9.59 Å². The summed E-state index contributed by atoms with van der Waals surface area (Å²) in [6, 6.07) is 0. The molecule has 0 radical (unpaired) electrons. The van der Waals surface area contributed by atoms with Gasteiger partial charge in [0.2, 0.25) is 5.91 Å². The number of rotatable bonds is 6. The molecular formula is C12H17N5O2. The Balaban J connectivity index is 1.55. The van der Waals surface area contributed by atoms with Gasteiger partial charge in [0.1, 0.15) is 6.54 Å². The van der Waals surface area contributed by atoms with Crippen molar-refractivity contribution in [2.24, 2.45) is 17.1 Å². The second-order valence-corrected chi connectivity index (χ2v) is 5.59. The highest BCUT2D eigenvalue weighted by Gasteiger charge is 2.53. The highest BCUT2D eigenvalue weighted by Crippen LogP contribution is 2.60. The number of aromatic nitrogens is 3.